The molecular weight excluding hydrogens is 783 g/mol. The van der Waals surface area contributed by atoms with Crippen LogP contribution in [0, 0.1) is 24.4 Å². The molecule has 1 fully saturated rings. The highest BCUT2D eigenvalue weighted by Crippen LogP contribution is 2.46. The van der Waals surface area contributed by atoms with Crippen LogP contribution in [0.25, 0.3) is 21.5 Å². The lowest BCUT2D eigenvalue weighted by molar-refractivity contribution is -0.142. The zero-order valence-electron chi connectivity index (χ0n) is 29.9. The number of nitrogens with one attached hydrogen (secondary N) is 1. The van der Waals surface area contributed by atoms with E-state index in [0.717, 1.165) is 17.8 Å². The molecule has 2 aromatic carbocycles. The van der Waals surface area contributed by atoms with Gasteiger partial charge in [-0.1, -0.05) is 17.4 Å². The molecule has 296 valence electrons. The number of hydrogen-bond acceptors (Lipinski definition) is 9. The van der Waals surface area contributed by atoms with Gasteiger partial charge in [0.05, 0.1) is 34.5 Å². The first-order chi connectivity index (χ1) is 27.1. The van der Waals surface area contributed by atoms with E-state index >= 15 is 0 Å². The number of nitrogens with zero attached hydrogens (tertiary/aromatic N) is 8. The van der Waals surface area contributed by atoms with Crippen LogP contribution in [0.5, 0.6) is 0 Å². The summed E-state index contributed by atoms with van der Waals surface area (Å²) in [5.74, 6) is -7.01. The molecule has 6 aromatic rings. The smallest absolute Gasteiger partial charge is 0.365 e. The normalized spacial score (nSPS) is 15.9. The number of carbonyl (C=O) groups is 1. The van der Waals surface area contributed by atoms with Gasteiger partial charge in [-0.25, -0.2) is 28.1 Å². The van der Waals surface area contributed by atoms with E-state index in [-0.39, 0.29) is 28.9 Å². The molecule has 0 bridgehead atoms. The predicted octanol–water partition coefficient (Wildman–Crippen LogP) is 7.55. The first-order valence-corrected chi connectivity index (χ1v) is 18.6. The van der Waals surface area contributed by atoms with Gasteiger partial charge < -0.3 is 15.1 Å². The van der Waals surface area contributed by atoms with Crippen LogP contribution in [0.2, 0.25) is 0 Å². The van der Waals surface area contributed by atoms with Crippen LogP contribution in [0.3, 0.4) is 0 Å². The summed E-state index contributed by atoms with van der Waals surface area (Å²) in [4.78, 5) is 35.8. The van der Waals surface area contributed by atoms with Gasteiger partial charge in [0, 0.05) is 49.8 Å². The Morgan fingerprint density at radius 2 is 1.65 bits per heavy atom. The van der Waals surface area contributed by atoms with Crippen molar-refractivity contribution in [3.8, 4) is 11.1 Å². The molecule has 1 aliphatic heterocycles. The zero-order valence-corrected chi connectivity index (χ0v) is 30.7. The summed E-state index contributed by atoms with van der Waals surface area (Å²) in [5.41, 5.74) is -0.681. The van der Waals surface area contributed by atoms with Crippen molar-refractivity contribution in [1.29, 1.82) is 0 Å². The molecule has 10 nitrogen and oxygen atoms in total. The fourth-order valence-electron chi connectivity index (χ4n) is 7.37. The number of alkyl halides is 5. The number of piperazine rings is 1. The molecule has 2 aliphatic rings. The number of aryl methyl sites for hydroxylation is 1. The Kier molecular flexibility index (Phi) is 9.81. The van der Waals surface area contributed by atoms with Crippen molar-refractivity contribution in [2.24, 2.45) is 0 Å². The van der Waals surface area contributed by atoms with E-state index < -0.39 is 77.8 Å². The molecule has 5 heterocycles. The molecule has 1 atom stereocenters. The van der Waals surface area contributed by atoms with Gasteiger partial charge in [0.25, 0.3) is 5.92 Å². The highest BCUT2D eigenvalue weighted by atomic mass is 32.1. The molecule has 1 unspecified atom stereocenters. The largest absolute Gasteiger partial charge is 0.435 e. The molecular formula is C38H31F8N9OS. The minimum Gasteiger partial charge on any atom is -0.365 e. The number of rotatable bonds is 9. The molecule has 1 aliphatic carbocycles. The van der Waals surface area contributed by atoms with Crippen molar-refractivity contribution >= 4 is 38.4 Å². The van der Waals surface area contributed by atoms with Gasteiger partial charge in [0.1, 0.15) is 36.0 Å². The molecule has 0 spiro atoms. The van der Waals surface area contributed by atoms with Gasteiger partial charge in [0.15, 0.2) is 16.5 Å². The Bertz CT molecular complexity index is 2460. The molecule has 8 rings (SSSR count). The zero-order chi connectivity index (χ0) is 40.2. The first-order valence-electron chi connectivity index (χ1n) is 17.8. The fraction of sp³-hybridized carbons (Fsp3) is 0.316. The van der Waals surface area contributed by atoms with Gasteiger partial charge in [-0.2, -0.15) is 32.0 Å². The lowest BCUT2D eigenvalue weighted by Crippen LogP contribution is -2.46. The van der Waals surface area contributed by atoms with Gasteiger partial charge >= 0.3 is 6.18 Å². The lowest BCUT2D eigenvalue weighted by Gasteiger charge is -2.35. The van der Waals surface area contributed by atoms with E-state index in [4.69, 9.17) is 9.97 Å². The molecule has 0 saturated carbocycles. The number of hydrogen-bond donors (Lipinski definition) is 1. The van der Waals surface area contributed by atoms with E-state index in [1.54, 1.807) is 31.5 Å². The van der Waals surface area contributed by atoms with Crippen molar-refractivity contribution in [1.82, 2.24) is 35.0 Å². The second-order valence-corrected chi connectivity index (χ2v) is 14.9. The minimum atomic E-state index is -5.05. The van der Waals surface area contributed by atoms with Crippen molar-refractivity contribution in [3.63, 3.8) is 0 Å². The second kappa shape index (κ2) is 14.7. The van der Waals surface area contributed by atoms with Crippen LogP contribution in [-0.4, -0.2) is 61.8 Å². The third-order valence-electron chi connectivity index (χ3n) is 10.0. The Morgan fingerprint density at radius 1 is 0.947 bits per heavy atom. The minimum absolute atomic E-state index is 0.0764. The van der Waals surface area contributed by atoms with Crippen LogP contribution in [0.4, 0.5) is 45.9 Å². The third-order valence-corrected chi connectivity index (χ3v) is 11.1. The van der Waals surface area contributed by atoms with Crippen LogP contribution < -0.4 is 15.1 Å². The molecule has 57 heavy (non-hydrogen) atoms. The summed E-state index contributed by atoms with van der Waals surface area (Å²) in [6.07, 6.45) is -1.89. The molecule has 19 heteroatoms. The van der Waals surface area contributed by atoms with Crippen LogP contribution in [0.1, 0.15) is 46.2 Å². The maximum atomic E-state index is 14.9. The van der Waals surface area contributed by atoms with Crippen LogP contribution in [-0.2, 0) is 36.3 Å². The number of halogens is 8. The van der Waals surface area contributed by atoms with Crippen LogP contribution in [0.15, 0.2) is 61.2 Å². The molecule has 1 saturated heterocycles. The van der Waals surface area contributed by atoms with Crippen molar-refractivity contribution in [3.05, 3.63) is 112 Å². The second-order valence-electron chi connectivity index (χ2n) is 13.9. The monoisotopic (exact) mass is 813 g/mol. The summed E-state index contributed by atoms with van der Waals surface area (Å²) in [6.45, 7) is 3.02. The molecule has 1 amide bonds. The number of amides is 1. The highest BCUT2D eigenvalue weighted by molar-refractivity contribution is 7.22. The van der Waals surface area contributed by atoms with Crippen molar-refractivity contribution < 1.29 is 39.9 Å². The van der Waals surface area contributed by atoms with Gasteiger partial charge in [-0.05, 0) is 66.8 Å². The number of aromatic nitrogens is 6. The standard InChI is InChI=1S/C38H31F8N9OS/c1-20-10-22(2-3-28(20)41)27-15-30-35(51-36(57-30)54-8-6-53(7-9-54)25-16-47-19-48-17-25)50-32(27)29(13-21-11-23(39)14-24(40)12-21)49-31(56)18-55-34-26(4-5-37(34,42)43)33(52-55)38(44,45)46/h2-3,10-12,14-17,19,29H,4-9,13,18H2,1H3,(H,49,56). The van der Waals surface area contributed by atoms with Gasteiger partial charge in [-0.3, -0.25) is 9.48 Å². The quantitative estimate of drug-likeness (QED) is 0.149. The summed E-state index contributed by atoms with van der Waals surface area (Å²) in [6, 6.07) is 7.56. The Balaban J connectivity index is 1.18. The van der Waals surface area contributed by atoms with E-state index in [0.29, 0.717) is 57.9 Å². The molecule has 4 aromatic heterocycles. The summed E-state index contributed by atoms with van der Waals surface area (Å²) < 4.78 is 116. The first kappa shape index (κ1) is 38.2. The summed E-state index contributed by atoms with van der Waals surface area (Å²) >= 11 is 1.35. The number of fused-ring (bicyclic) bond motifs is 2. The number of thiazole rings is 1. The Hall–Kier alpha value is -5.72. The van der Waals surface area contributed by atoms with E-state index in [9.17, 15) is 39.9 Å². The topological polar surface area (TPSA) is 105 Å². The predicted molar refractivity (Wildman–Crippen MR) is 194 cm³/mol. The Morgan fingerprint density at radius 3 is 2.33 bits per heavy atom. The van der Waals surface area contributed by atoms with Gasteiger partial charge in [0.2, 0.25) is 5.91 Å². The lowest BCUT2D eigenvalue weighted by atomic mass is 9.94. The number of anilines is 2. The highest BCUT2D eigenvalue weighted by Gasteiger charge is 2.50. The number of pyridine rings is 1. The van der Waals surface area contributed by atoms with E-state index in [1.807, 2.05) is 0 Å². The number of carbonyl (C=O) groups excluding carboxylic acids is 1. The Labute approximate surface area is 323 Å². The molecule has 1 N–H and O–H groups in total. The SMILES string of the molecule is Cc1cc(-c2cc3sc(N4CCN(c5cncnc5)CC4)nc3nc2C(Cc2cc(F)cc(F)c2)NC(=O)Cn2nc(C(F)(F)F)c3c2C(F)(F)CC3)ccc1F. The average molecular weight is 814 g/mol. The summed E-state index contributed by atoms with van der Waals surface area (Å²) in [7, 11) is 0. The maximum absolute atomic E-state index is 14.9. The van der Waals surface area contributed by atoms with E-state index in [2.05, 4.69) is 30.2 Å². The van der Waals surface area contributed by atoms with Crippen molar-refractivity contribution in [2.45, 2.75) is 50.9 Å². The summed E-state index contributed by atoms with van der Waals surface area (Å²) in [5, 5.41) is 6.71. The average Bonchev–Trinajstić information content (AvgIpc) is 3.85. The van der Waals surface area contributed by atoms with Crippen LogP contribution >= 0.6 is 11.3 Å². The number of benzene rings is 2. The maximum Gasteiger partial charge on any atom is 0.435 e. The van der Waals surface area contributed by atoms with Gasteiger partial charge in [-0.15, -0.1) is 0 Å². The third kappa shape index (κ3) is 7.71. The van der Waals surface area contributed by atoms with E-state index in [1.165, 1.54) is 29.8 Å². The fourth-order valence-corrected chi connectivity index (χ4v) is 8.37. The molecule has 0 radical (unpaired) electrons. The van der Waals surface area contributed by atoms with Crippen molar-refractivity contribution in [2.75, 3.05) is 36.0 Å².